The van der Waals surface area contributed by atoms with E-state index in [0.717, 1.165) is 38.5 Å². The van der Waals surface area contributed by atoms with Crippen LogP contribution in [0.5, 0.6) is 0 Å². The second kappa shape index (κ2) is 9.69. The molecule has 7 nitrogen and oxygen atoms in total. The van der Waals surface area contributed by atoms with Crippen LogP contribution in [0.2, 0.25) is 0 Å². The molecule has 2 bridgehead atoms. The molecule has 188 valence electrons. The molecule has 1 aromatic heterocycles. The quantitative estimate of drug-likeness (QED) is 0.496. The monoisotopic (exact) mass is 498 g/mol. The van der Waals surface area contributed by atoms with Crippen molar-refractivity contribution in [3.63, 3.8) is 0 Å². The summed E-state index contributed by atoms with van der Waals surface area (Å²) in [4.78, 5) is 29.6. The SMILES string of the molecule is O=C(Nc1ccc(-c2ccc(C(=O)N3CCN4CCC3CC4)o2)cc1)Nc1ccccc1C(F)(F)F. The first kappa shape index (κ1) is 23.9. The fourth-order valence-electron chi connectivity index (χ4n) is 4.75. The van der Waals surface area contributed by atoms with Crippen molar-refractivity contribution in [2.24, 2.45) is 0 Å². The summed E-state index contributed by atoms with van der Waals surface area (Å²) in [6, 6.07) is 14.2. The van der Waals surface area contributed by atoms with Crippen molar-refractivity contribution >= 4 is 23.3 Å². The van der Waals surface area contributed by atoms with Crippen LogP contribution in [0.25, 0.3) is 11.3 Å². The number of benzene rings is 2. The fourth-order valence-corrected chi connectivity index (χ4v) is 4.75. The van der Waals surface area contributed by atoms with E-state index in [1.165, 1.54) is 18.2 Å². The second-order valence-electron chi connectivity index (χ2n) is 8.94. The number of hydrogen-bond acceptors (Lipinski definition) is 4. The topological polar surface area (TPSA) is 77.8 Å². The van der Waals surface area contributed by atoms with E-state index in [4.69, 9.17) is 4.42 Å². The first-order chi connectivity index (χ1) is 17.3. The lowest BCUT2D eigenvalue weighted by molar-refractivity contribution is -0.136. The highest BCUT2D eigenvalue weighted by molar-refractivity contribution is 6.00. The smallest absolute Gasteiger partial charge is 0.418 e. The first-order valence-electron chi connectivity index (χ1n) is 11.8. The largest absolute Gasteiger partial charge is 0.451 e. The molecule has 3 amide bonds. The van der Waals surface area contributed by atoms with E-state index < -0.39 is 17.8 Å². The van der Waals surface area contributed by atoms with Gasteiger partial charge < -0.3 is 24.9 Å². The van der Waals surface area contributed by atoms with E-state index in [0.29, 0.717) is 23.6 Å². The predicted molar refractivity (Wildman–Crippen MR) is 129 cm³/mol. The number of hydrogen-bond donors (Lipinski definition) is 2. The average molecular weight is 499 g/mol. The lowest BCUT2D eigenvalue weighted by Crippen LogP contribution is -2.41. The minimum atomic E-state index is -4.58. The zero-order valence-corrected chi connectivity index (χ0v) is 19.3. The highest BCUT2D eigenvalue weighted by Crippen LogP contribution is 2.34. The number of carbonyl (C=O) groups is 2. The number of amides is 3. The molecule has 10 heteroatoms. The number of halogens is 3. The summed E-state index contributed by atoms with van der Waals surface area (Å²) in [6.07, 6.45) is -2.63. The van der Waals surface area contributed by atoms with Crippen LogP contribution >= 0.6 is 0 Å². The number of nitrogens with zero attached hydrogens (tertiary/aromatic N) is 2. The van der Waals surface area contributed by atoms with Gasteiger partial charge in [-0.2, -0.15) is 13.2 Å². The van der Waals surface area contributed by atoms with Crippen LogP contribution < -0.4 is 10.6 Å². The van der Waals surface area contributed by atoms with Crippen molar-refractivity contribution in [1.82, 2.24) is 9.80 Å². The third kappa shape index (κ3) is 5.08. The number of alkyl halides is 3. The zero-order valence-electron chi connectivity index (χ0n) is 19.3. The normalized spacial score (nSPS) is 19.6. The first-order valence-corrected chi connectivity index (χ1v) is 11.8. The molecule has 0 radical (unpaired) electrons. The molecular weight excluding hydrogens is 473 g/mol. The van der Waals surface area contributed by atoms with Crippen LogP contribution in [-0.4, -0.2) is 54.0 Å². The maximum absolute atomic E-state index is 13.1. The Morgan fingerprint density at radius 3 is 2.31 bits per heavy atom. The van der Waals surface area contributed by atoms with Crippen molar-refractivity contribution in [2.45, 2.75) is 25.1 Å². The molecule has 6 rings (SSSR count). The third-order valence-corrected chi connectivity index (χ3v) is 6.64. The Morgan fingerprint density at radius 2 is 1.58 bits per heavy atom. The number of urea groups is 1. The Bertz CT molecular complexity index is 1250. The fraction of sp³-hybridized carbons (Fsp3) is 0.308. The average Bonchev–Trinajstić information content (AvgIpc) is 3.16. The van der Waals surface area contributed by atoms with Crippen LogP contribution in [0.15, 0.2) is 65.1 Å². The summed E-state index contributed by atoms with van der Waals surface area (Å²) in [5.74, 6) is 0.690. The number of nitrogens with one attached hydrogen (secondary N) is 2. The van der Waals surface area contributed by atoms with Gasteiger partial charge >= 0.3 is 12.2 Å². The summed E-state index contributed by atoms with van der Waals surface area (Å²) in [5.41, 5.74) is -0.171. The standard InChI is InChI=1S/C26H25F3N4O3/c27-26(28,29)20-3-1-2-4-21(20)31-25(35)30-18-7-5-17(6-8-18)22-9-10-23(36-22)24(34)33-16-15-32-13-11-19(33)12-14-32/h1-10,19H,11-16H2,(H2,30,31,35). The Kier molecular flexibility index (Phi) is 6.44. The molecule has 3 fully saturated rings. The summed E-state index contributed by atoms with van der Waals surface area (Å²) >= 11 is 0. The molecule has 0 spiro atoms. The maximum Gasteiger partial charge on any atom is 0.418 e. The van der Waals surface area contributed by atoms with Crippen molar-refractivity contribution in [3.8, 4) is 11.3 Å². The zero-order chi connectivity index (χ0) is 25.3. The van der Waals surface area contributed by atoms with Gasteiger partial charge in [-0.3, -0.25) is 4.79 Å². The molecule has 0 saturated carbocycles. The predicted octanol–water partition coefficient (Wildman–Crippen LogP) is 5.53. The Labute approximate surface area is 205 Å². The van der Waals surface area contributed by atoms with Crippen molar-refractivity contribution in [3.05, 3.63) is 72.0 Å². The van der Waals surface area contributed by atoms with Gasteiger partial charge in [0, 0.05) is 43.5 Å². The number of carbonyl (C=O) groups excluding carboxylic acids is 2. The van der Waals surface area contributed by atoms with Gasteiger partial charge in [0.1, 0.15) is 5.76 Å². The van der Waals surface area contributed by atoms with E-state index in [9.17, 15) is 22.8 Å². The summed E-state index contributed by atoms with van der Waals surface area (Å²) in [5, 5.41) is 4.76. The van der Waals surface area contributed by atoms with Gasteiger partial charge in [0.15, 0.2) is 5.76 Å². The highest BCUT2D eigenvalue weighted by Gasteiger charge is 2.34. The lowest BCUT2D eigenvalue weighted by atomic mass is 10.1. The van der Waals surface area contributed by atoms with E-state index >= 15 is 0 Å². The molecule has 0 unspecified atom stereocenters. The molecule has 2 N–H and O–H groups in total. The molecule has 3 saturated heterocycles. The molecule has 3 aromatic rings. The maximum atomic E-state index is 13.1. The molecule has 36 heavy (non-hydrogen) atoms. The molecule has 3 aliphatic rings. The van der Waals surface area contributed by atoms with Gasteiger partial charge in [-0.15, -0.1) is 0 Å². The second-order valence-corrected chi connectivity index (χ2v) is 8.94. The van der Waals surface area contributed by atoms with Gasteiger partial charge in [0.05, 0.1) is 11.3 Å². The minimum absolute atomic E-state index is 0.107. The van der Waals surface area contributed by atoms with E-state index in [2.05, 4.69) is 15.5 Å². The molecular formula is C26H25F3N4O3. The van der Waals surface area contributed by atoms with Crippen LogP contribution in [0.1, 0.15) is 29.0 Å². The number of furan rings is 1. The van der Waals surface area contributed by atoms with Crippen LogP contribution in [0, 0.1) is 0 Å². The van der Waals surface area contributed by atoms with Crippen LogP contribution in [0.4, 0.5) is 29.3 Å². The van der Waals surface area contributed by atoms with Gasteiger partial charge in [-0.25, -0.2) is 4.79 Å². The third-order valence-electron chi connectivity index (χ3n) is 6.64. The Morgan fingerprint density at radius 1 is 0.861 bits per heavy atom. The lowest BCUT2D eigenvalue weighted by Gasteiger charge is -2.30. The minimum Gasteiger partial charge on any atom is -0.451 e. The van der Waals surface area contributed by atoms with Gasteiger partial charge in [0.2, 0.25) is 0 Å². The van der Waals surface area contributed by atoms with Crippen molar-refractivity contribution in [1.29, 1.82) is 0 Å². The number of fused-ring (bicyclic) bond motifs is 4. The summed E-state index contributed by atoms with van der Waals surface area (Å²) < 4.78 is 45.3. The number of piperidine rings is 1. The Balaban J connectivity index is 1.23. The molecule has 3 aliphatic heterocycles. The van der Waals surface area contributed by atoms with Crippen LogP contribution in [-0.2, 0) is 6.18 Å². The molecule has 0 atom stereocenters. The number of rotatable bonds is 4. The summed E-state index contributed by atoms with van der Waals surface area (Å²) in [6.45, 7) is 3.60. The van der Waals surface area contributed by atoms with Crippen LogP contribution in [0.3, 0.4) is 0 Å². The van der Waals surface area contributed by atoms with Crippen molar-refractivity contribution in [2.75, 3.05) is 36.8 Å². The molecule has 2 aromatic carbocycles. The number of para-hydroxylation sites is 1. The molecule has 0 aliphatic carbocycles. The Hall–Kier alpha value is -3.79. The number of anilines is 2. The van der Waals surface area contributed by atoms with E-state index in [1.807, 2.05) is 4.90 Å². The van der Waals surface area contributed by atoms with E-state index in [-0.39, 0.29) is 23.4 Å². The highest BCUT2D eigenvalue weighted by atomic mass is 19.4. The van der Waals surface area contributed by atoms with Gasteiger partial charge in [-0.05, 0) is 61.4 Å². The van der Waals surface area contributed by atoms with Gasteiger partial charge in [-0.1, -0.05) is 12.1 Å². The van der Waals surface area contributed by atoms with Crippen molar-refractivity contribution < 1.29 is 27.2 Å². The van der Waals surface area contributed by atoms with Gasteiger partial charge in [0.25, 0.3) is 5.91 Å². The molecule has 4 heterocycles. The van der Waals surface area contributed by atoms with E-state index in [1.54, 1.807) is 36.4 Å². The summed E-state index contributed by atoms with van der Waals surface area (Å²) in [7, 11) is 0.